The van der Waals surface area contributed by atoms with E-state index in [1.54, 1.807) is 18.3 Å². The van der Waals surface area contributed by atoms with Gasteiger partial charge in [0, 0.05) is 25.3 Å². The van der Waals surface area contributed by atoms with Gasteiger partial charge >= 0.3 is 0 Å². The zero-order valence-corrected chi connectivity index (χ0v) is 15.3. The quantitative estimate of drug-likeness (QED) is 0.854. The maximum absolute atomic E-state index is 12.8. The average molecular weight is 383 g/mol. The van der Waals surface area contributed by atoms with Crippen molar-refractivity contribution in [1.82, 2.24) is 14.3 Å². The summed E-state index contributed by atoms with van der Waals surface area (Å²) in [5, 5.41) is 3.59. The Kier molecular flexibility index (Phi) is 5.41. The molecule has 25 heavy (non-hydrogen) atoms. The van der Waals surface area contributed by atoms with E-state index >= 15 is 0 Å². The molecule has 0 aliphatic carbocycles. The number of hydrogen-bond acceptors (Lipinski definition) is 6. The Balaban J connectivity index is 1.66. The van der Waals surface area contributed by atoms with E-state index in [1.165, 1.54) is 29.9 Å². The summed E-state index contributed by atoms with van der Waals surface area (Å²) in [4.78, 5) is 8.19. The third-order valence-electron chi connectivity index (χ3n) is 4.15. The van der Waals surface area contributed by atoms with Crippen LogP contribution in [0.1, 0.15) is 12.8 Å². The largest absolute Gasteiger partial charge is 0.495 e. The fourth-order valence-corrected chi connectivity index (χ4v) is 4.60. The van der Waals surface area contributed by atoms with Gasteiger partial charge in [0.1, 0.15) is 17.9 Å². The number of nitrogens with one attached hydrogen (secondary N) is 1. The molecule has 2 heterocycles. The summed E-state index contributed by atoms with van der Waals surface area (Å²) in [5.74, 6) is 1.20. The molecule has 0 amide bonds. The Morgan fingerprint density at radius 3 is 2.64 bits per heavy atom. The van der Waals surface area contributed by atoms with E-state index in [0.717, 1.165) is 5.82 Å². The van der Waals surface area contributed by atoms with E-state index in [-0.39, 0.29) is 16.0 Å². The summed E-state index contributed by atoms with van der Waals surface area (Å²) >= 11 is 6.06. The van der Waals surface area contributed by atoms with Gasteiger partial charge in [0.05, 0.1) is 17.0 Å². The van der Waals surface area contributed by atoms with Crippen LogP contribution < -0.4 is 10.1 Å². The van der Waals surface area contributed by atoms with Crippen molar-refractivity contribution >= 4 is 27.4 Å². The van der Waals surface area contributed by atoms with Gasteiger partial charge in [0.25, 0.3) is 0 Å². The lowest BCUT2D eigenvalue weighted by molar-refractivity contribution is 0.329. The second-order valence-electron chi connectivity index (χ2n) is 5.71. The minimum absolute atomic E-state index is 0.181. The second kappa shape index (κ2) is 7.55. The predicted molar refractivity (Wildman–Crippen MR) is 95.4 cm³/mol. The third kappa shape index (κ3) is 4.02. The maximum atomic E-state index is 12.8. The van der Waals surface area contributed by atoms with Crippen molar-refractivity contribution in [3.8, 4) is 5.75 Å². The fourth-order valence-electron chi connectivity index (χ4n) is 2.78. The van der Waals surface area contributed by atoms with E-state index in [0.29, 0.717) is 31.7 Å². The minimum atomic E-state index is -3.57. The molecule has 0 atom stereocenters. The van der Waals surface area contributed by atoms with Gasteiger partial charge < -0.3 is 10.1 Å². The number of ether oxygens (including phenoxy) is 1. The van der Waals surface area contributed by atoms with E-state index in [9.17, 15) is 8.42 Å². The highest BCUT2D eigenvalue weighted by atomic mass is 35.5. The Labute approximate surface area is 152 Å². The van der Waals surface area contributed by atoms with E-state index < -0.39 is 10.0 Å². The maximum Gasteiger partial charge on any atom is 0.243 e. The lowest BCUT2D eigenvalue weighted by Crippen LogP contribution is -2.42. The molecular formula is C16H19ClN4O3S. The van der Waals surface area contributed by atoms with Crippen LogP contribution in [-0.2, 0) is 10.0 Å². The van der Waals surface area contributed by atoms with Crippen LogP contribution in [0.3, 0.4) is 0 Å². The highest BCUT2D eigenvalue weighted by Gasteiger charge is 2.30. The molecule has 1 saturated heterocycles. The first-order chi connectivity index (χ1) is 12.0. The van der Waals surface area contributed by atoms with Gasteiger partial charge in [-0.05, 0) is 37.1 Å². The number of methoxy groups -OCH3 is 1. The monoisotopic (exact) mass is 382 g/mol. The molecule has 0 unspecified atom stereocenters. The van der Waals surface area contributed by atoms with Gasteiger partial charge in [-0.1, -0.05) is 11.6 Å². The van der Waals surface area contributed by atoms with Gasteiger partial charge in [0.15, 0.2) is 0 Å². The zero-order chi connectivity index (χ0) is 17.9. The first kappa shape index (κ1) is 17.9. The van der Waals surface area contributed by atoms with Gasteiger partial charge in [-0.2, -0.15) is 4.31 Å². The number of benzene rings is 1. The third-order valence-corrected chi connectivity index (χ3v) is 6.34. The smallest absolute Gasteiger partial charge is 0.243 e. The Morgan fingerprint density at radius 1 is 1.28 bits per heavy atom. The molecule has 1 aromatic carbocycles. The highest BCUT2D eigenvalue weighted by Crippen LogP contribution is 2.29. The molecule has 1 aromatic heterocycles. The topological polar surface area (TPSA) is 84.4 Å². The van der Waals surface area contributed by atoms with Crippen molar-refractivity contribution < 1.29 is 13.2 Å². The van der Waals surface area contributed by atoms with Crippen LogP contribution in [0, 0.1) is 0 Å². The van der Waals surface area contributed by atoms with Crippen molar-refractivity contribution in [3.05, 3.63) is 41.8 Å². The zero-order valence-electron chi connectivity index (χ0n) is 13.7. The Bertz CT molecular complexity index is 825. The van der Waals surface area contributed by atoms with Crippen molar-refractivity contribution in [2.45, 2.75) is 23.8 Å². The molecular weight excluding hydrogens is 364 g/mol. The van der Waals surface area contributed by atoms with Crippen LogP contribution >= 0.6 is 11.6 Å². The summed E-state index contributed by atoms with van der Waals surface area (Å²) in [6.07, 6.45) is 4.55. The van der Waals surface area contributed by atoms with Crippen LogP contribution in [-0.4, -0.2) is 48.9 Å². The Morgan fingerprint density at radius 2 is 2.04 bits per heavy atom. The molecule has 7 nitrogen and oxygen atoms in total. The van der Waals surface area contributed by atoms with Gasteiger partial charge in [-0.25, -0.2) is 18.4 Å². The molecule has 2 aromatic rings. The van der Waals surface area contributed by atoms with Crippen LogP contribution in [0.2, 0.25) is 5.02 Å². The molecule has 1 aliphatic heterocycles. The van der Waals surface area contributed by atoms with Crippen molar-refractivity contribution in [2.24, 2.45) is 0 Å². The standard InChI is InChI=1S/C16H19ClN4O3S/c1-24-15-3-2-13(10-14(15)17)25(22,23)21-8-5-12(6-9-21)20-16-4-7-18-11-19-16/h2-4,7,10-12H,5-6,8-9H2,1H3,(H,18,19,20). The van der Waals surface area contributed by atoms with Crippen molar-refractivity contribution in [3.63, 3.8) is 0 Å². The second-order valence-corrected chi connectivity index (χ2v) is 8.06. The van der Waals surface area contributed by atoms with Gasteiger partial charge in [0.2, 0.25) is 10.0 Å². The molecule has 0 radical (unpaired) electrons. The van der Waals surface area contributed by atoms with Crippen LogP contribution in [0.4, 0.5) is 5.82 Å². The van der Waals surface area contributed by atoms with E-state index in [4.69, 9.17) is 16.3 Å². The predicted octanol–water partition coefficient (Wildman–Crippen LogP) is 2.40. The SMILES string of the molecule is COc1ccc(S(=O)(=O)N2CCC(Nc3ccncn3)CC2)cc1Cl. The van der Waals surface area contributed by atoms with E-state index in [1.807, 2.05) is 0 Å². The molecule has 1 N–H and O–H groups in total. The average Bonchev–Trinajstić information content (AvgIpc) is 2.63. The van der Waals surface area contributed by atoms with E-state index in [2.05, 4.69) is 15.3 Å². The summed E-state index contributed by atoms with van der Waals surface area (Å²) in [6.45, 7) is 0.878. The number of hydrogen-bond donors (Lipinski definition) is 1. The Hall–Kier alpha value is -1.90. The number of piperidine rings is 1. The van der Waals surface area contributed by atoms with Crippen LogP contribution in [0.15, 0.2) is 41.7 Å². The molecule has 1 fully saturated rings. The van der Waals surface area contributed by atoms with Gasteiger partial charge in [-0.15, -0.1) is 0 Å². The number of nitrogens with zero attached hydrogens (tertiary/aromatic N) is 3. The molecule has 9 heteroatoms. The lowest BCUT2D eigenvalue weighted by Gasteiger charge is -2.31. The summed E-state index contributed by atoms with van der Waals surface area (Å²) in [6, 6.07) is 6.49. The summed E-state index contributed by atoms with van der Waals surface area (Å²) in [5.41, 5.74) is 0. The van der Waals surface area contributed by atoms with Crippen molar-refractivity contribution in [2.75, 3.05) is 25.5 Å². The molecule has 134 valence electrons. The molecule has 0 spiro atoms. The fraction of sp³-hybridized carbons (Fsp3) is 0.375. The summed E-state index contributed by atoms with van der Waals surface area (Å²) in [7, 11) is -2.07. The van der Waals surface area contributed by atoms with Gasteiger partial charge in [-0.3, -0.25) is 0 Å². The number of aromatic nitrogens is 2. The molecule has 0 saturated carbocycles. The highest BCUT2D eigenvalue weighted by molar-refractivity contribution is 7.89. The number of halogens is 1. The summed E-state index contributed by atoms with van der Waals surface area (Å²) < 4.78 is 32.1. The van der Waals surface area contributed by atoms with Crippen molar-refractivity contribution in [1.29, 1.82) is 0 Å². The first-order valence-electron chi connectivity index (χ1n) is 7.87. The minimum Gasteiger partial charge on any atom is -0.495 e. The lowest BCUT2D eigenvalue weighted by atomic mass is 10.1. The number of anilines is 1. The molecule has 1 aliphatic rings. The molecule has 3 rings (SSSR count). The first-order valence-corrected chi connectivity index (χ1v) is 9.69. The number of sulfonamides is 1. The van der Waals surface area contributed by atoms with Crippen LogP contribution in [0.5, 0.6) is 5.75 Å². The normalized spacial score (nSPS) is 16.6. The molecule has 0 bridgehead atoms. The van der Waals surface area contributed by atoms with Crippen LogP contribution in [0.25, 0.3) is 0 Å². The number of rotatable bonds is 5.